The Morgan fingerprint density at radius 1 is 1.12 bits per heavy atom. The average molecular weight is 238 g/mol. The van der Waals surface area contributed by atoms with Gasteiger partial charge in [0, 0.05) is 7.11 Å². The van der Waals surface area contributed by atoms with E-state index in [4.69, 9.17) is 9.47 Å². The predicted molar refractivity (Wildman–Crippen MR) is 73.9 cm³/mol. The van der Waals surface area contributed by atoms with Crippen LogP contribution in [0.15, 0.2) is 0 Å². The second-order valence-corrected chi connectivity index (χ2v) is 3.33. The van der Waals surface area contributed by atoms with E-state index in [1.165, 1.54) is 0 Å². The molecule has 0 aromatic carbocycles. The van der Waals surface area contributed by atoms with E-state index in [2.05, 4.69) is 0 Å². The molecular weight excluding hydrogens is 204 g/mol. The lowest BCUT2D eigenvalue weighted by Crippen LogP contribution is -2.27. The molecule has 0 heterocycles. The van der Waals surface area contributed by atoms with Crippen molar-refractivity contribution in [2.75, 3.05) is 13.7 Å². The molecule has 104 valence electrons. The lowest BCUT2D eigenvalue weighted by Gasteiger charge is -2.23. The first-order valence-corrected chi connectivity index (χ1v) is 4.22. The summed E-state index contributed by atoms with van der Waals surface area (Å²) in [5.74, 6) is -0.191. The number of carbonyl (C=O) groups is 1. The van der Waals surface area contributed by atoms with Gasteiger partial charge in [-0.15, -0.1) is 0 Å². The molecule has 3 heteroatoms. The summed E-state index contributed by atoms with van der Waals surface area (Å²) in [6.07, 6.45) is 1.16. The van der Waals surface area contributed by atoms with Crippen LogP contribution >= 0.6 is 0 Å². The Morgan fingerprint density at radius 2 is 1.56 bits per heavy atom. The molecular formula is C13H34O3. The second kappa shape index (κ2) is 14.4. The Hall–Kier alpha value is -0.570. The first-order valence-electron chi connectivity index (χ1n) is 4.22. The zero-order valence-corrected chi connectivity index (χ0v) is 8.35. The van der Waals surface area contributed by atoms with Crippen molar-refractivity contribution in [1.82, 2.24) is 0 Å². The summed E-state index contributed by atoms with van der Waals surface area (Å²) in [5.41, 5.74) is -0.342. The molecule has 0 N–H and O–H groups in total. The smallest absolute Gasteiger partial charge is 0.308 e. The quantitative estimate of drug-likeness (QED) is 0.670. The topological polar surface area (TPSA) is 35.5 Å². The standard InChI is InChI=1S/C9H18O3.4CH4/c1-5-9(2,3)12-8(10)6-7-11-4;;;;/h5-7H2,1-4H3;4*1H4. The molecule has 0 aromatic rings. The maximum atomic E-state index is 11.1. The number of ether oxygens (including phenoxy) is 2. The zero-order valence-electron chi connectivity index (χ0n) is 8.35. The van der Waals surface area contributed by atoms with E-state index in [0.717, 1.165) is 6.42 Å². The monoisotopic (exact) mass is 238 g/mol. The van der Waals surface area contributed by atoms with Gasteiger partial charge in [-0.1, -0.05) is 36.6 Å². The van der Waals surface area contributed by atoms with Crippen molar-refractivity contribution in [3.63, 3.8) is 0 Å². The van der Waals surface area contributed by atoms with E-state index in [9.17, 15) is 4.79 Å². The minimum Gasteiger partial charge on any atom is -0.460 e. The summed E-state index contributed by atoms with van der Waals surface area (Å²) in [6.45, 7) is 6.22. The molecule has 0 aromatic heterocycles. The summed E-state index contributed by atoms with van der Waals surface area (Å²) in [5, 5.41) is 0. The van der Waals surface area contributed by atoms with Gasteiger partial charge in [-0.05, 0) is 20.3 Å². The molecule has 3 nitrogen and oxygen atoms in total. The highest BCUT2D eigenvalue weighted by Crippen LogP contribution is 2.14. The van der Waals surface area contributed by atoms with Crippen LogP contribution in [-0.2, 0) is 14.3 Å². The molecule has 0 rings (SSSR count). The van der Waals surface area contributed by atoms with Crippen molar-refractivity contribution in [3.05, 3.63) is 0 Å². The number of hydrogen-bond acceptors (Lipinski definition) is 3. The molecule has 0 aliphatic rings. The largest absolute Gasteiger partial charge is 0.460 e. The van der Waals surface area contributed by atoms with Gasteiger partial charge >= 0.3 is 5.97 Å². The molecule has 0 atom stereocenters. The Labute approximate surface area is 104 Å². The minimum atomic E-state index is -0.342. The SMILES string of the molecule is C.C.C.C.CCC(C)(C)OC(=O)CCOC. The number of esters is 1. The summed E-state index contributed by atoms with van der Waals surface area (Å²) in [4.78, 5) is 11.1. The van der Waals surface area contributed by atoms with E-state index < -0.39 is 0 Å². The third-order valence-corrected chi connectivity index (χ3v) is 1.75. The van der Waals surface area contributed by atoms with Crippen LogP contribution in [-0.4, -0.2) is 25.3 Å². The van der Waals surface area contributed by atoms with Gasteiger partial charge in [0.2, 0.25) is 0 Å². The normalized spacial score (nSPS) is 8.50. The maximum Gasteiger partial charge on any atom is 0.308 e. The van der Waals surface area contributed by atoms with Crippen LogP contribution < -0.4 is 0 Å². The van der Waals surface area contributed by atoms with Gasteiger partial charge in [-0.2, -0.15) is 0 Å². The van der Waals surface area contributed by atoms with Crippen molar-refractivity contribution >= 4 is 5.97 Å². The number of hydrogen-bond donors (Lipinski definition) is 0. The third kappa shape index (κ3) is 15.9. The third-order valence-electron chi connectivity index (χ3n) is 1.75. The fourth-order valence-electron chi connectivity index (χ4n) is 0.617. The lowest BCUT2D eigenvalue weighted by molar-refractivity contribution is -0.157. The summed E-state index contributed by atoms with van der Waals surface area (Å²) >= 11 is 0. The molecule has 0 spiro atoms. The van der Waals surface area contributed by atoms with Gasteiger partial charge in [-0.25, -0.2) is 0 Å². The Morgan fingerprint density at radius 3 is 1.88 bits per heavy atom. The maximum absolute atomic E-state index is 11.1. The molecule has 0 radical (unpaired) electrons. The molecule has 0 aliphatic carbocycles. The molecule has 0 aliphatic heterocycles. The molecule has 0 saturated heterocycles. The van der Waals surface area contributed by atoms with E-state index in [1.54, 1.807) is 7.11 Å². The van der Waals surface area contributed by atoms with Crippen LogP contribution in [0.2, 0.25) is 0 Å². The fourth-order valence-corrected chi connectivity index (χ4v) is 0.617. The van der Waals surface area contributed by atoms with E-state index >= 15 is 0 Å². The molecule has 0 fully saturated rings. The van der Waals surface area contributed by atoms with Crippen LogP contribution in [0.5, 0.6) is 0 Å². The van der Waals surface area contributed by atoms with Crippen molar-refractivity contribution in [2.24, 2.45) is 0 Å². The van der Waals surface area contributed by atoms with Crippen LogP contribution in [0.1, 0.15) is 63.3 Å². The van der Waals surface area contributed by atoms with Gasteiger partial charge < -0.3 is 9.47 Å². The van der Waals surface area contributed by atoms with Gasteiger partial charge in [0.15, 0.2) is 0 Å². The van der Waals surface area contributed by atoms with Gasteiger partial charge in [0.25, 0.3) is 0 Å². The molecule has 0 unspecified atom stereocenters. The first kappa shape index (κ1) is 29.5. The summed E-state index contributed by atoms with van der Waals surface area (Å²) < 4.78 is 9.93. The Balaban J connectivity index is -0.000000101. The summed E-state index contributed by atoms with van der Waals surface area (Å²) in [6, 6.07) is 0. The minimum absolute atomic E-state index is 0. The number of methoxy groups -OCH3 is 1. The summed E-state index contributed by atoms with van der Waals surface area (Å²) in [7, 11) is 1.57. The second-order valence-electron chi connectivity index (χ2n) is 3.33. The van der Waals surface area contributed by atoms with Crippen molar-refractivity contribution in [1.29, 1.82) is 0 Å². The average Bonchev–Trinajstić information content (AvgIpc) is 2.00. The highest BCUT2D eigenvalue weighted by molar-refractivity contribution is 5.69. The molecule has 0 bridgehead atoms. The molecule has 16 heavy (non-hydrogen) atoms. The highest BCUT2D eigenvalue weighted by atomic mass is 16.6. The molecule has 0 saturated carbocycles. The van der Waals surface area contributed by atoms with Gasteiger partial charge in [-0.3, -0.25) is 4.79 Å². The van der Waals surface area contributed by atoms with E-state index in [1.807, 2.05) is 20.8 Å². The predicted octanol–water partition coefficient (Wildman–Crippen LogP) is 4.30. The van der Waals surface area contributed by atoms with E-state index in [-0.39, 0.29) is 41.3 Å². The number of carbonyl (C=O) groups excluding carboxylic acids is 1. The van der Waals surface area contributed by atoms with Crippen LogP contribution in [0, 0.1) is 0 Å². The zero-order chi connectivity index (χ0) is 9.61. The highest BCUT2D eigenvalue weighted by Gasteiger charge is 2.19. The molecule has 0 amide bonds. The number of rotatable bonds is 5. The van der Waals surface area contributed by atoms with Crippen molar-refractivity contribution in [2.45, 2.75) is 68.9 Å². The van der Waals surface area contributed by atoms with E-state index in [0.29, 0.717) is 13.0 Å². The Bertz CT molecular complexity index is 142. The fraction of sp³-hybridized carbons (Fsp3) is 0.923. The lowest BCUT2D eigenvalue weighted by atomic mass is 10.1. The van der Waals surface area contributed by atoms with Crippen LogP contribution in [0.3, 0.4) is 0 Å². The van der Waals surface area contributed by atoms with Crippen molar-refractivity contribution < 1.29 is 14.3 Å². The van der Waals surface area contributed by atoms with Crippen molar-refractivity contribution in [3.8, 4) is 0 Å². The van der Waals surface area contributed by atoms with Gasteiger partial charge in [0.1, 0.15) is 5.60 Å². The van der Waals surface area contributed by atoms with Gasteiger partial charge in [0.05, 0.1) is 13.0 Å². The Kier molecular flexibility index (Phi) is 26.6. The first-order chi connectivity index (χ1) is 5.52. The van der Waals surface area contributed by atoms with Crippen LogP contribution in [0.4, 0.5) is 0 Å². The van der Waals surface area contributed by atoms with Crippen LogP contribution in [0.25, 0.3) is 0 Å².